The summed E-state index contributed by atoms with van der Waals surface area (Å²) in [7, 11) is 0. The smallest absolute Gasteiger partial charge is 0.306 e. The van der Waals surface area contributed by atoms with Crippen LogP contribution in [0, 0.1) is 0 Å². The van der Waals surface area contributed by atoms with Gasteiger partial charge in [0.2, 0.25) is 0 Å². The molecule has 0 aliphatic carbocycles. The maximum Gasteiger partial charge on any atom is 0.306 e. The Morgan fingerprint density at radius 2 is 0.554 bits per heavy atom. The van der Waals surface area contributed by atoms with Gasteiger partial charge in [0, 0.05) is 19.3 Å². The quantitative estimate of drug-likeness (QED) is 0.0261. The fraction of sp³-hybridized carbons (Fsp3) is 0.721. The molecular formula is C68H116O6. The van der Waals surface area contributed by atoms with Crippen molar-refractivity contribution in [2.75, 3.05) is 13.2 Å². The van der Waals surface area contributed by atoms with Crippen molar-refractivity contribution in [3.63, 3.8) is 0 Å². The zero-order chi connectivity index (χ0) is 53.6. The van der Waals surface area contributed by atoms with Gasteiger partial charge in [0.05, 0.1) is 0 Å². The average molecular weight is 1030 g/mol. The summed E-state index contributed by atoms with van der Waals surface area (Å²) >= 11 is 0. The zero-order valence-electron chi connectivity index (χ0n) is 48.6. The fourth-order valence-electron chi connectivity index (χ4n) is 8.62. The maximum absolute atomic E-state index is 12.9. The number of hydrogen-bond acceptors (Lipinski definition) is 6. The van der Waals surface area contributed by atoms with E-state index in [-0.39, 0.29) is 31.1 Å². The molecule has 0 radical (unpaired) electrons. The summed E-state index contributed by atoms with van der Waals surface area (Å²) < 4.78 is 16.9. The van der Waals surface area contributed by atoms with Crippen LogP contribution < -0.4 is 0 Å². The van der Waals surface area contributed by atoms with Crippen molar-refractivity contribution in [1.82, 2.24) is 0 Å². The van der Waals surface area contributed by atoms with E-state index in [1.165, 1.54) is 148 Å². The fourth-order valence-corrected chi connectivity index (χ4v) is 8.62. The molecule has 0 aliphatic heterocycles. The summed E-state index contributed by atoms with van der Waals surface area (Å²) in [6.45, 7) is 6.45. The minimum absolute atomic E-state index is 0.0826. The standard InChI is InChI=1S/C68H116O6/c1-4-7-10-13-16-19-22-24-26-28-30-31-32-33-34-35-36-37-39-40-42-44-46-49-52-55-58-61-67(70)73-64-65(63-72-66(69)60-57-54-51-48-21-18-15-12-9-6-3)74-68(71)62-59-56-53-50-47-45-43-41-38-29-27-25-23-20-17-14-11-8-5-2/h7,10,12,15-17,19-20,24-27,30-31,33-34,65H,4-6,8-9,11,13-14,18,21-23,28-29,32,35-64H2,1-3H3/b10-7-,15-12-,19-16-,20-17-,26-24-,27-25-,31-30-,34-33-. The molecule has 424 valence electrons. The molecule has 1 atom stereocenters. The third-order valence-corrected chi connectivity index (χ3v) is 13.3. The van der Waals surface area contributed by atoms with Gasteiger partial charge in [-0.2, -0.15) is 0 Å². The summed E-state index contributed by atoms with van der Waals surface area (Å²) in [6.07, 6.45) is 82.7. The van der Waals surface area contributed by atoms with E-state index in [1.807, 2.05) is 0 Å². The van der Waals surface area contributed by atoms with E-state index in [0.717, 1.165) is 109 Å². The number of carbonyl (C=O) groups excluding carboxylic acids is 3. The number of ether oxygens (including phenoxy) is 3. The summed E-state index contributed by atoms with van der Waals surface area (Å²) in [6, 6.07) is 0. The molecule has 0 bridgehead atoms. The first-order valence-corrected chi connectivity index (χ1v) is 31.2. The lowest BCUT2D eigenvalue weighted by molar-refractivity contribution is -0.167. The average Bonchev–Trinajstić information content (AvgIpc) is 3.40. The van der Waals surface area contributed by atoms with Crippen LogP contribution in [0.1, 0.15) is 297 Å². The molecule has 0 aromatic rings. The van der Waals surface area contributed by atoms with E-state index in [0.29, 0.717) is 19.3 Å². The highest BCUT2D eigenvalue weighted by Gasteiger charge is 2.19. The highest BCUT2D eigenvalue weighted by atomic mass is 16.6. The molecule has 0 amide bonds. The van der Waals surface area contributed by atoms with E-state index in [9.17, 15) is 14.4 Å². The Balaban J connectivity index is 4.25. The van der Waals surface area contributed by atoms with Gasteiger partial charge >= 0.3 is 17.9 Å². The molecule has 0 fully saturated rings. The van der Waals surface area contributed by atoms with Gasteiger partial charge in [-0.1, -0.05) is 259 Å². The lowest BCUT2D eigenvalue weighted by Gasteiger charge is -2.18. The van der Waals surface area contributed by atoms with Gasteiger partial charge in [-0.3, -0.25) is 14.4 Å². The molecule has 0 rings (SSSR count). The molecule has 0 heterocycles. The highest BCUT2D eigenvalue weighted by molar-refractivity contribution is 5.71. The van der Waals surface area contributed by atoms with E-state index in [4.69, 9.17) is 14.2 Å². The third kappa shape index (κ3) is 59.2. The van der Waals surface area contributed by atoms with E-state index in [2.05, 4.69) is 118 Å². The number of unbranched alkanes of at least 4 members (excludes halogenated alkanes) is 29. The van der Waals surface area contributed by atoms with Crippen LogP contribution >= 0.6 is 0 Å². The molecule has 0 aromatic heterocycles. The van der Waals surface area contributed by atoms with Gasteiger partial charge in [0.25, 0.3) is 0 Å². The van der Waals surface area contributed by atoms with Gasteiger partial charge in [0.1, 0.15) is 13.2 Å². The Morgan fingerprint density at radius 3 is 0.892 bits per heavy atom. The van der Waals surface area contributed by atoms with Crippen LogP contribution in [-0.4, -0.2) is 37.2 Å². The summed E-state index contributed by atoms with van der Waals surface area (Å²) in [5.74, 6) is -0.894. The molecule has 0 saturated heterocycles. The van der Waals surface area contributed by atoms with Crippen molar-refractivity contribution >= 4 is 17.9 Å². The SMILES string of the molecule is CC/C=C\C/C=C\C/C=C\C/C=C\C/C=C\CCCCCCCCCCCCCC(=O)OCC(COC(=O)CCCCCCC/C=C\CCC)OC(=O)CCCCCCCCCCC/C=C\C/C=C\CCCCC. The van der Waals surface area contributed by atoms with Crippen molar-refractivity contribution in [2.45, 2.75) is 303 Å². The summed E-state index contributed by atoms with van der Waals surface area (Å²) in [4.78, 5) is 38.2. The molecule has 6 heteroatoms. The lowest BCUT2D eigenvalue weighted by atomic mass is 10.0. The van der Waals surface area contributed by atoms with Crippen LogP contribution in [0.5, 0.6) is 0 Å². The van der Waals surface area contributed by atoms with Gasteiger partial charge in [0.15, 0.2) is 6.10 Å². The van der Waals surface area contributed by atoms with Crippen molar-refractivity contribution < 1.29 is 28.6 Å². The first-order chi connectivity index (χ1) is 36.5. The minimum Gasteiger partial charge on any atom is -0.462 e. The van der Waals surface area contributed by atoms with Crippen molar-refractivity contribution in [3.8, 4) is 0 Å². The Hall–Kier alpha value is -3.67. The van der Waals surface area contributed by atoms with Crippen LogP contribution in [0.2, 0.25) is 0 Å². The Bertz CT molecular complexity index is 1460. The molecule has 0 saturated carbocycles. The molecule has 0 N–H and O–H groups in total. The highest BCUT2D eigenvalue weighted by Crippen LogP contribution is 2.16. The molecule has 74 heavy (non-hydrogen) atoms. The van der Waals surface area contributed by atoms with Crippen molar-refractivity contribution in [3.05, 3.63) is 97.2 Å². The molecule has 0 spiro atoms. The van der Waals surface area contributed by atoms with E-state index in [1.54, 1.807) is 0 Å². The number of allylic oxidation sites excluding steroid dienone is 16. The monoisotopic (exact) mass is 1030 g/mol. The van der Waals surface area contributed by atoms with E-state index < -0.39 is 6.10 Å². The van der Waals surface area contributed by atoms with Crippen LogP contribution in [0.15, 0.2) is 97.2 Å². The van der Waals surface area contributed by atoms with Crippen LogP contribution in [0.4, 0.5) is 0 Å². The third-order valence-electron chi connectivity index (χ3n) is 13.3. The Morgan fingerprint density at radius 1 is 0.284 bits per heavy atom. The summed E-state index contributed by atoms with van der Waals surface area (Å²) in [5, 5.41) is 0. The predicted octanol–water partition coefficient (Wildman–Crippen LogP) is 21.3. The number of rotatable bonds is 56. The first kappa shape index (κ1) is 70.3. The number of hydrogen-bond donors (Lipinski definition) is 0. The second-order valence-corrected chi connectivity index (χ2v) is 20.6. The van der Waals surface area contributed by atoms with Crippen molar-refractivity contribution in [1.29, 1.82) is 0 Å². The number of carbonyl (C=O) groups is 3. The second kappa shape index (κ2) is 61.9. The van der Waals surface area contributed by atoms with Crippen LogP contribution in [0.25, 0.3) is 0 Å². The molecule has 6 nitrogen and oxygen atoms in total. The maximum atomic E-state index is 12.9. The molecule has 0 aliphatic rings. The topological polar surface area (TPSA) is 78.9 Å². The minimum atomic E-state index is -0.785. The molecule has 1 unspecified atom stereocenters. The molecule has 0 aromatic carbocycles. The lowest BCUT2D eigenvalue weighted by Crippen LogP contribution is -2.30. The first-order valence-electron chi connectivity index (χ1n) is 31.2. The predicted molar refractivity (Wildman–Crippen MR) is 320 cm³/mol. The second-order valence-electron chi connectivity index (χ2n) is 20.6. The largest absolute Gasteiger partial charge is 0.462 e. The van der Waals surface area contributed by atoms with Gasteiger partial charge in [-0.05, 0) is 116 Å². The summed E-state index contributed by atoms with van der Waals surface area (Å²) in [5.41, 5.74) is 0. The van der Waals surface area contributed by atoms with Gasteiger partial charge in [-0.15, -0.1) is 0 Å². The van der Waals surface area contributed by atoms with Gasteiger partial charge in [-0.25, -0.2) is 0 Å². The van der Waals surface area contributed by atoms with Gasteiger partial charge < -0.3 is 14.2 Å². The Kier molecular flexibility index (Phi) is 58.8. The molecular weight excluding hydrogens is 913 g/mol. The normalized spacial score (nSPS) is 12.7. The van der Waals surface area contributed by atoms with Crippen molar-refractivity contribution in [2.24, 2.45) is 0 Å². The van der Waals surface area contributed by atoms with E-state index >= 15 is 0 Å². The zero-order valence-corrected chi connectivity index (χ0v) is 48.6. The van der Waals surface area contributed by atoms with Crippen LogP contribution in [0.3, 0.4) is 0 Å². The Labute approximate surface area is 457 Å². The number of esters is 3. The van der Waals surface area contributed by atoms with Crippen LogP contribution in [-0.2, 0) is 28.6 Å².